The van der Waals surface area contributed by atoms with E-state index in [0.29, 0.717) is 0 Å². The molecule has 0 N–H and O–H groups in total. The van der Waals surface area contributed by atoms with Gasteiger partial charge < -0.3 is 0 Å². The van der Waals surface area contributed by atoms with E-state index in [1.54, 1.807) is 0 Å². The Labute approximate surface area is 78.3 Å². The second-order valence-electron chi connectivity index (χ2n) is 2.33. The van der Waals surface area contributed by atoms with Gasteiger partial charge in [-0.25, -0.2) is 0 Å². The molecule has 2 heteroatoms. The van der Waals surface area contributed by atoms with Crippen LogP contribution in [0.5, 0.6) is 0 Å². The molecule has 0 bridgehead atoms. The number of halogens is 1. The number of rotatable bonds is 3. The molecule has 62 valence electrons. The van der Waals surface area contributed by atoms with Crippen molar-refractivity contribution in [2.75, 3.05) is 0 Å². The molecule has 0 rings (SSSR count). The van der Waals surface area contributed by atoms with Gasteiger partial charge in [0.25, 0.3) is 0 Å². The highest BCUT2D eigenvalue weighted by atomic mass is 79.9. The molecule has 0 nitrogen and oxygen atoms in total. The molecule has 0 spiro atoms. The molecule has 0 radical (unpaired) electrons. The zero-order valence-electron chi connectivity index (χ0n) is 7.34. The van der Waals surface area contributed by atoms with E-state index in [9.17, 15) is 0 Å². The molecule has 0 atom stereocenters. The number of allylic oxidation sites excluding steroid dienone is 3. The van der Waals surface area contributed by atoms with Gasteiger partial charge in [-0.2, -0.15) is 0 Å². The summed E-state index contributed by atoms with van der Waals surface area (Å²) < 4.78 is 0. The predicted octanol–water partition coefficient (Wildman–Crippen LogP) is 3.67. The lowest BCUT2D eigenvalue weighted by Crippen LogP contribution is -2.17. The molecule has 0 heterocycles. The molecule has 0 saturated carbocycles. The minimum Gasteiger partial charge on any atom is -0.110 e. The maximum atomic E-state index is 3.74. The second-order valence-corrected chi connectivity index (χ2v) is 9.10. The van der Waals surface area contributed by atoms with Crippen LogP contribution in [-0.2, 0) is 0 Å². The minimum absolute atomic E-state index is 1.48. The average Bonchev–Trinajstić information content (AvgIpc) is 1.88. The monoisotopic (exact) mass is 230 g/mol. The molecule has 11 heavy (non-hydrogen) atoms. The van der Waals surface area contributed by atoms with E-state index in [1.165, 1.54) is 0 Å². The average molecular weight is 231 g/mol. The molecule has 0 amide bonds. The number of hydrogen-bond donors (Lipinski definition) is 0. The third-order valence-corrected chi connectivity index (χ3v) is 6.18. The molecular formula is C9H15BrSi. The zero-order chi connectivity index (χ0) is 8.74. The molecule has 0 aliphatic heterocycles. The molecule has 0 aromatic carbocycles. The SMILES string of the molecule is CC=C[Si](Br)(C=CC)C=CC. The summed E-state index contributed by atoms with van der Waals surface area (Å²) in [6.07, 6.45) is 6.29. The van der Waals surface area contributed by atoms with Gasteiger partial charge in [0.05, 0.1) is 0 Å². The summed E-state index contributed by atoms with van der Waals surface area (Å²) in [4.78, 5) is 0. The fourth-order valence-electron chi connectivity index (χ4n) is 0.933. The van der Waals surface area contributed by atoms with E-state index < -0.39 is 6.69 Å². The standard InChI is InChI=1S/C9H15BrSi/c1-4-7-11(10,8-5-2)9-6-3/h4-9H,1-3H3. The van der Waals surface area contributed by atoms with Gasteiger partial charge in [-0.1, -0.05) is 35.3 Å². The zero-order valence-corrected chi connectivity index (χ0v) is 9.93. The van der Waals surface area contributed by atoms with Crippen molar-refractivity contribution >= 4 is 22.0 Å². The largest absolute Gasteiger partial charge is 0.199 e. The van der Waals surface area contributed by atoms with Gasteiger partial charge in [-0.05, 0) is 20.8 Å². The van der Waals surface area contributed by atoms with Gasteiger partial charge in [0.1, 0.15) is 0 Å². The summed E-state index contributed by atoms with van der Waals surface area (Å²) in [6.45, 7) is 4.68. The van der Waals surface area contributed by atoms with Gasteiger partial charge in [0, 0.05) is 0 Å². The molecule has 0 aliphatic carbocycles. The smallest absolute Gasteiger partial charge is 0.110 e. The van der Waals surface area contributed by atoms with Crippen LogP contribution in [0.3, 0.4) is 0 Å². The molecular weight excluding hydrogens is 216 g/mol. The first kappa shape index (κ1) is 10.9. The van der Waals surface area contributed by atoms with Crippen LogP contribution in [0.2, 0.25) is 0 Å². The summed E-state index contributed by atoms with van der Waals surface area (Å²) in [5.74, 6) is 0. The molecule has 0 aliphatic rings. The Morgan fingerprint density at radius 2 is 1.09 bits per heavy atom. The van der Waals surface area contributed by atoms with E-state index >= 15 is 0 Å². The Morgan fingerprint density at radius 3 is 1.27 bits per heavy atom. The lowest BCUT2D eigenvalue weighted by molar-refractivity contribution is 1.73. The topological polar surface area (TPSA) is 0 Å². The van der Waals surface area contributed by atoms with Crippen LogP contribution < -0.4 is 0 Å². The van der Waals surface area contributed by atoms with Crippen LogP contribution in [0, 0.1) is 0 Å². The minimum atomic E-state index is -1.48. The van der Waals surface area contributed by atoms with Crippen LogP contribution in [0.15, 0.2) is 35.3 Å². The van der Waals surface area contributed by atoms with Crippen molar-refractivity contribution in [2.45, 2.75) is 20.8 Å². The van der Waals surface area contributed by atoms with Crippen molar-refractivity contribution in [3.05, 3.63) is 35.3 Å². The van der Waals surface area contributed by atoms with Crippen molar-refractivity contribution in [1.82, 2.24) is 0 Å². The lowest BCUT2D eigenvalue weighted by atomic mass is 10.8. The first-order chi connectivity index (χ1) is 5.18. The molecule has 0 aromatic rings. The Balaban J connectivity index is 4.51. The van der Waals surface area contributed by atoms with Gasteiger partial charge in [-0.3, -0.25) is 0 Å². The van der Waals surface area contributed by atoms with E-state index in [4.69, 9.17) is 0 Å². The van der Waals surface area contributed by atoms with Crippen molar-refractivity contribution in [3.8, 4) is 0 Å². The third kappa shape index (κ3) is 4.38. The van der Waals surface area contributed by atoms with Crippen LogP contribution in [0.4, 0.5) is 0 Å². The first-order valence-electron chi connectivity index (χ1n) is 3.79. The van der Waals surface area contributed by atoms with Gasteiger partial charge in [0.15, 0.2) is 6.69 Å². The highest BCUT2D eigenvalue weighted by Crippen LogP contribution is 2.17. The van der Waals surface area contributed by atoms with E-state index in [2.05, 4.69) is 71.4 Å². The van der Waals surface area contributed by atoms with Crippen molar-refractivity contribution < 1.29 is 0 Å². The maximum Gasteiger partial charge on any atom is 0.199 e. The molecule has 0 aromatic heterocycles. The van der Waals surface area contributed by atoms with E-state index in [1.807, 2.05) is 0 Å². The Kier molecular flexibility index (Phi) is 5.51. The number of hydrogen-bond acceptors (Lipinski definition) is 0. The summed E-state index contributed by atoms with van der Waals surface area (Å²) >= 11 is 3.74. The van der Waals surface area contributed by atoms with Crippen LogP contribution in [0.1, 0.15) is 20.8 Å². The summed E-state index contributed by atoms with van der Waals surface area (Å²) in [5.41, 5.74) is 6.73. The van der Waals surface area contributed by atoms with E-state index in [-0.39, 0.29) is 0 Å². The quantitative estimate of drug-likeness (QED) is 0.513. The van der Waals surface area contributed by atoms with Gasteiger partial charge in [0.2, 0.25) is 0 Å². The van der Waals surface area contributed by atoms with Crippen LogP contribution >= 0.6 is 15.3 Å². The Bertz CT molecular complexity index is 149. The highest BCUT2D eigenvalue weighted by molar-refractivity contribution is 9.26. The second kappa shape index (κ2) is 5.55. The Morgan fingerprint density at radius 1 is 0.818 bits per heavy atom. The Hall–Kier alpha value is -0.0831. The van der Waals surface area contributed by atoms with Crippen LogP contribution in [0.25, 0.3) is 0 Å². The van der Waals surface area contributed by atoms with Crippen molar-refractivity contribution in [2.24, 2.45) is 0 Å². The fraction of sp³-hybridized carbons (Fsp3) is 0.333. The normalized spacial score (nSPS) is 18.5. The van der Waals surface area contributed by atoms with E-state index in [0.717, 1.165) is 0 Å². The van der Waals surface area contributed by atoms with Gasteiger partial charge >= 0.3 is 0 Å². The summed E-state index contributed by atoms with van der Waals surface area (Å²) in [5, 5.41) is 0. The molecule has 0 unspecified atom stereocenters. The van der Waals surface area contributed by atoms with Gasteiger partial charge in [-0.15, -0.1) is 15.3 Å². The summed E-state index contributed by atoms with van der Waals surface area (Å²) in [6, 6.07) is 0. The molecule has 0 fully saturated rings. The van der Waals surface area contributed by atoms with Crippen LogP contribution in [-0.4, -0.2) is 6.69 Å². The lowest BCUT2D eigenvalue weighted by Gasteiger charge is -2.09. The predicted molar refractivity (Wildman–Crippen MR) is 59.1 cm³/mol. The first-order valence-corrected chi connectivity index (χ1v) is 8.28. The summed E-state index contributed by atoms with van der Waals surface area (Å²) in [7, 11) is 0. The van der Waals surface area contributed by atoms with Crippen molar-refractivity contribution in [1.29, 1.82) is 0 Å². The fourth-order valence-corrected chi connectivity index (χ4v) is 5.18. The third-order valence-electron chi connectivity index (χ3n) is 1.27. The van der Waals surface area contributed by atoms with Crippen molar-refractivity contribution in [3.63, 3.8) is 0 Å². The highest BCUT2D eigenvalue weighted by Gasteiger charge is 2.17. The molecule has 0 saturated heterocycles. The maximum absolute atomic E-state index is 3.74.